The van der Waals surface area contributed by atoms with E-state index >= 15 is 0 Å². The van der Waals surface area contributed by atoms with Gasteiger partial charge in [0.05, 0.1) is 5.69 Å². The zero-order valence-electron chi connectivity index (χ0n) is 16.3. The Morgan fingerprint density at radius 2 is 1.86 bits per heavy atom. The van der Waals surface area contributed by atoms with E-state index in [0.29, 0.717) is 28.7 Å². The van der Waals surface area contributed by atoms with Crippen LogP contribution in [-0.2, 0) is 12.8 Å². The van der Waals surface area contributed by atoms with Crippen LogP contribution in [0.4, 0.5) is 0 Å². The van der Waals surface area contributed by atoms with Gasteiger partial charge >= 0.3 is 0 Å². The largest absolute Gasteiger partial charge is 0.508 e. The number of aromatic hydroxyl groups is 2. The van der Waals surface area contributed by atoms with Crippen molar-refractivity contribution in [1.82, 2.24) is 10.2 Å². The van der Waals surface area contributed by atoms with E-state index in [0.717, 1.165) is 34.4 Å². The molecule has 0 bridgehead atoms. The molecule has 1 heterocycles. The molecule has 28 heavy (non-hydrogen) atoms. The molecule has 0 aliphatic heterocycles. The molecule has 1 aromatic heterocycles. The van der Waals surface area contributed by atoms with Gasteiger partial charge in [-0.3, -0.25) is 15.2 Å². The molecule has 0 aliphatic rings. The molecule has 0 fully saturated rings. The summed E-state index contributed by atoms with van der Waals surface area (Å²) < 4.78 is 0.569. The van der Waals surface area contributed by atoms with Crippen molar-refractivity contribution in [2.45, 2.75) is 33.6 Å². The first-order valence-corrected chi connectivity index (χ1v) is 9.81. The number of rotatable bonds is 6. The Morgan fingerprint density at radius 3 is 2.57 bits per heavy atom. The molecule has 0 spiro atoms. The molecule has 0 radical (unpaired) electrons. The van der Waals surface area contributed by atoms with Crippen molar-refractivity contribution in [3.05, 3.63) is 51.7 Å². The van der Waals surface area contributed by atoms with Gasteiger partial charge in [-0.25, -0.2) is 0 Å². The Labute approximate surface area is 169 Å². The van der Waals surface area contributed by atoms with Gasteiger partial charge in [-0.1, -0.05) is 37.3 Å². The Morgan fingerprint density at radius 1 is 1.07 bits per heavy atom. The zero-order chi connectivity index (χ0) is 20.3. The van der Waals surface area contributed by atoms with E-state index in [4.69, 9.17) is 12.2 Å². The number of hydrogen-bond acceptors (Lipinski definition) is 4. The first kappa shape index (κ1) is 19.9. The molecule has 0 amide bonds. The molecule has 6 heteroatoms. The van der Waals surface area contributed by atoms with E-state index in [9.17, 15) is 10.2 Å². The molecular formula is C22H25N3O2S. The molecule has 5 nitrogen and oxygen atoms in total. The molecule has 0 unspecified atom stereocenters. The SMILES string of the molecule is CCN=CCc1c(C)cccc1-c1c(-c2cc(CC)c(O)cc2O)[nH][nH]c1=S. The highest BCUT2D eigenvalue weighted by molar-refractivity contribution is 7.71. The van der Waals surface area contributed by atoms with Crippen LogP contribution in [-0.4, -0.2) is 33.2 Å². The van der Waals surface area contributed by atoms with Gasteiger partial charge in [0.2, 0.25) is 0 Å². The number of aromatic amines is 2. The monoisotopic (exact) mass is 395 g/mol. The molecule has 3 aromatic rings. The molecule has 0 saturated heterocycles. The summed E-state index contributed by atoms with van der Waals surface area (Å²) in [5.74, 6) is 0.0920. The number of aliphatic imine (C=N–C) groups is 1. The van der Waals surface area contributed by atoms with Crippen LogP contribution in [0.1, 0.15) is 30.5 Å². The molecule has 146 valence electrons. The van der Waals surface area contributed by atoms with Gasteiger partial charge < -0.3 is 10.2 Å². The van der Waals surface area contributed by atoms with Crippen LogP contribution in [0.2, 0.25) is 0 Å². The van der Waals surface area contributed by atoms with E-state index in [1.165, 1.54) is 6.07 Å². The standard InChI is InChI=1S/C22H25N3O2S/c1-4-14-11-17(19(27)12-18(14)26)21-20(22(28)25-24-21)16-8-6-7-13(3)15(16)9-10-23-5-2/h6-8,10-12,26-27H,4-5,9H2,1-3H3,(H2,24,25,28). The topological polar surface area (TPSA) is 84.4 Å². The average molecular weight is 396 g/mol. The van der Waals surface area contributed by atoms with Crippen molar-refractivity contribution in [2.75, 3.05) is 6.54 Å². The van der Waals surface area contributed by atoms with Crippen LogP contribution in [0.5, 0.6) is 11.5 Å². The van der Waals surface area contributed by atoms with Crippen LogP contribution in [0.15, 0.2) is 35.3 Å². The van der Waals surface area contributed by atoms with E-state index in [1.807, 2.05) is 32.2 Å². The highest BCUT2D eigenvalue weighted by atomic mass is 32.1. The summed E-state index contributed by atoms with van der Waals surface area (Å²) in [7, 11) is 0. The summed E-state index contributed by atoms with van der Waals surface area (Å²) in [4.78, 5) is 4.35. The lowest BCUT2D eigenvalue weighted by Gasteiger charge is -2.13. The Balaban J connectivity index is 2.23. The fraction of sp³-hybridized carbons (Fsp3) is 0.273. The number of nitrogens with one attached hydrogen (secondary N) is 2. The third-order valence-corrected chi connectivity index (χ3v) is 5.22. The number of H-pyrrole nitrogens is 2. The second kappa shape index (κ2) is 8.44. The van der Waals surface area contributed by atoms with Crippen molar-refractivity contribution >= 4 is 18.4 Å². The maximum absolute atomic E-state index is 10.5. The van der Waals surface area contributed by atoms with Gasteiger partial charge in [-0.05, 0) is 48.6 Å². The number of benzene rings is 2. The van der Waals surface area contributed by atoms with E-state index in [1.54, 1.807) is 6.07 Å². The van der Waals surface area contributed by atoms with Gasteiger partial charge in [-0.2, -0.15) is 0 Å². The van der Waals surface area contributed by atoms with Crippen molar-refractivity contribution in [3.63, 3.8) is 0 Å². The van der Waals surface area contributed by atoms with E-state index in [2.05, 4.69) is 28.2 Å². The lowest BCUT2D eigenvalue weighted by molar-refractivity contribution is 0.447. The zero-order valence-corrected chi connectivity index (χ0v) is 17.2. The van der Waals surface area contributed by atoms with Gasteiger partial charge in [0.25, 0.3) is 0 Å². The normalized spacial score (nSPS) is 11.4. The number of hydrogen-bond donors (Lipinski definition) is 4. The summed E-state index contributed by atoms with van der Waals surface area (Å²) in [5.41, 5.74) is 6.22. The summed E-state index contributed by atoms with van der Waals surface area (Å²) in [6.45, 7) is 6.79. The predicted molar refractivity (Wildman–Crippen MR) is 117 cm³/mol. The molecule has 0 aliphatic carbocycles. The number of phenolic OH excluding ortho intramolecular Hbond substituents is 2. The molecular weight excluding hydrogens is 370 g/mol. The van der Waals surface area contributed by atoms with Crippen LogP contribution in [0.25, 0.3) is 22.4 Å². The van der Waals surface area contributed by atoms with E-state index in [-0.39, 0.29) is 11.5 Å². The third kappa shape index (κ3) is 3.73. The summed E-state index contributed by atoms with van der Waals surface area (Å²) in [6.07, 6.45) is 3.29. The number of phenols is 2. The van der Waals surface area contributed by atoms with Crippen LogP contribution in [0, 0.1) is 11.6 Å². The molecule has 3 rings (SSSR count). The van der Waals surface area contributed by atoms with Crippen LogP contribution >= 0.6 is 12.2 Å². The second-order valence-electron chi connectivity index (χ2n) is 6.67. The lowest BCUT2D eigenvalue weighted by atomic mass is 9.92. The third-order valence-electron chi connectivity index (χ3n) is 4.91. The van der Waals surface area contributed by atoms with Crippen LogP contribution < -0.4 is 0 Å². The predicted octanol–water partition coefficient (Wildman–Crippen LogP) is 5.32. The summed E-state index contributed by atoms with van der Waals surface area (Å²) in [5, 5.41) is 26.7. The first-order valence-electron chi connectivity index (χ1n) is 9.40. The quantitative estimate of drug-likeness (QED) is 0.337. The van der Waals surface area contributed by atoms with Crippen molar-refractivity contribution in [2.24, 2.45) is 4.99 Å². The molecule has 4 N–H and O–H groups in total. The van der Waals surface area contributed by atoms with Crippen molar-refractivity contribution in [1.29, 1.82) is 0 Å². The Kier molecular flexibility index (Phi) is 5.99. The van der Waals surface area contributed by atoms with E-state index < -0.39 is 0 Å². The minimum Gasteiger partial charge on any atom is -0.508 e. The Hall–Kier alpha value is -2.86. The fourth-order valence-corrected chi connectivity index (χ4v) is 3.68. The highest BCUT2D eigenvalue weighted by Gasteiger charge is 2.19. The average Bonchev–Trinajstić information content (AvgIpc) is 3.04. The van der Waals surface area contributed by atoms with Gasteiger partial charge in [0, 0.05) is 36.4 Å². The van der Waals surface area contributed by atoms with Crippen molar-refractivity contribution in [3.8, 4) is 33.9 Å². The second-order valence-corrected chi connectivity index (χ2v) is 7.08. The number of aromatic nitrogens is 2. The maximum Gasteiger partial charge on any atom is 0.128 e. The summed E-state index contributed by atoms with van der Waals surface area (Å²) >= 11 is 5.57. The maximum atomic E-state index is 10.5. The minimum atomic E-state index is 0.00273. The van der Waals surface area contributed by atoms with Gasteiger partial charge in [0.15, 0.2) is 0 Å². The number of nitrogens with zero attached hydrogens (tertiary/aromatic N) is 1. The molecule has 0 atom stereocenters. The smallest absolute Gasteiger partial charge is 0.128 e. The lowest BCUT2D eigenvalue weighted by Crippen LogP contribution is -1.97. The highest BCUT2D eigenvalue weighted by Crippen LogP contribution is 2.40. The van der Waals surface area contributed by atoms with Gasteiger partial charge in [-0.15, -0.1) is 0 Å². The fourth-order valence-electron chi connectivity index (χ4n) is 3.41. The first-order chi connectivity index (χ1) is 13.5. The van der Waals surface area contributed by atoms with Gasteiger partial charge in [0.1, 0.15) is 16.1 Å². The molecule has 0 saturated carbocycles. The summed E-state index contributed by atoms with van der Waals surface area (Å²) in [6, 6.07) is 9.30. The van der Waals surface area contributed by atoms with Crippen LogP contribution in [0.3, 0.4) is 0 Å². The number of aryl methyl sites for hydroxylation is 2. The molecule has 2 aromatic carbocycles. The minimum absolute atomic E-state index is 0.00273. The van der Waals surface area contributed by atoms with Crippen molar-refractivity contribution < 1.29 is 10.2 Å². The Bertz CT molecular complexity index is 1080.